The molecule has 2 aliphatic carbocycles. The molecule has 8 heteroatoms. The summed E-state index contributed by atoms with van der Waals surface area (Å²) >= 11 is 0. The smallest absolute Gasteiger partial charge is 0.252 e. The average molecular weight is 502 g/mol. The fraction of sp³-hybridized carbons (Fsp3) is 0.448. The number of nitrogens with two attached hydrogens (primary N) is 1. The van der Waals surface area contributed by atoms with Gasteiger partial charge in [-0.2, -0.15) is 5.06 Å². The predicted octanol–water partition coefficient (Wildman–Crippen LogP) is 1.44. The second-order valence-electron chi connectivity index (χ2n) is 10.5. The highest BCUT2D eigenvalue weighted by Crippen LogP contribution is 2.53. The molecule has 4 aliphatic rings. The molecule has 2 aromatic rings. The molecule has 4 N–H and O–H groups in total. The molecule has 0 unspecified atom stereocenters. The monoisotopic (exact) mass is 501 g/mol. The molecule has 2 saturated heterocycles. The normalized spacial score (nSPS) is 32.3. The number of ether oxygens (including phenoxy) is 1. The van der Waals surface area contributed by atoms with Crippen molar-refractivity contribution in [1.29, 1.82) is 0 Å². The summed E-state index contributed by atoms with van der Waals surface area (Å²) in [6.45, 7) is 0.216. The third kappa shape index (κ3) is 4.42. The van der Waals surface area contributed by atoms with Crippen molar-refractivity contribution in [3.8, 4) is 11.8 Å². The lowest BCUT2D eigenvalue weighted by molar-refractivity contribution is -0.217. The van der Waals surface area contributed by atoms with E-state index >= 15 is 0 Å². The minimum atomic E-state index is -1.51. The first-order valence-electron chi connectivity index (χ1n) is 13.0. The second kappa shape index (κ2) is 9.58. The van der Waals surface area contributed by atoms with Crippen LogP contribution in [0.2, 0.25) is 0 Å². The lowest BCUT2D eigenvalue weighted by atomic mass is 9.70. The van der Waals surface area contributed by atoms with Crippen LogP contribution in [0, 0.1) is 17.8 Å². The van der Waals surface area contributed by atoms with E-state index in [2.05, 4.69) is 17.2 Å². The van der Waals surface area contributed by atoms with Gasteiger partial charge in [0, 0.05) is 24.4 Å². The Balaban J connectivity index is 1.30. The van der Waals surface area contributed by atoms with Gasteiger partial charge in [0.25, 0.3) is 5.91 Å². The van der Waals surface area contributed by atoms with Crippen molar-refractivity contribution >= 4 is 11.8 Å². The Morgan fingerprint density at radius 3 is 2.62 bits per heavy atom. The van der Waals surface area contributed by atoms with E-state index in [9.17, 15) is 14.7 Å². The second-order valence-corrected chi connectivity index (χ2v) is 10.5. The van der Waals surface area contributed by atoms with E-state index in [0.29, 0.717) is 6.42 Å². The van der Waals surface area contributed by atoms with E-state index in [1.807, 2.05) is 54.6 Å². The Hall–Kier alpha value is -3.22. The molecule has 0 bridgehead atoms. The number of benzene rings is 2. The van der Waals surface area contributed by atoms with Crippen LogP contribution >= 0.6 is 0 Å². The van der Waals surface area contributed by atoms with Gasteiger partial charge in [-0.25, -0.2) is 0 Å². The van der Waals surface area contributed by atoms with E-state index < -0.39 is 35.7 Å². The summed E-state index contributed by atoms with van der Waals surface area (Å²) < 4.78 is 5.59. The minimum absolute atomic E-state index is 0.0970. The van der Waals surface area contributed by atoms with Gasteiger partial charge < -0.3 is 20.9 Å². The standard InChI is InChI=1S/C29H31N3O5/c30-28(35)29-16-22-26(36-22)25(33)23(29)24(27(34)31-21-14-7-15-21)32(37-29)17-20-12-5-4-11-19(20)13-6-10-18-8-2-1-3-9-18/h1-5,8-9,11-12,21-26,33H,7,10,14-17H2,(H2,30,35)(H,31,34)/t22-,23+,24-,25-,26-,29-/m0/s1. The molecule has 37 heavy (non-hydrogen) atoms. The molecule has 2 aliphatic heterocycles. The maximum absolute atomic E-state index is 13.6. The number of primary amides is 1. The molecule has 4 fully saturated rings. The Morgan fingerprint density at radius 2 is 1.89 bits per heavy atom. The maximum atomic E-state index is 13.6. The van der Waals surface area contributed by atoms with Gasteiger partial charge in [0.05, 0.1) is 24.7 Å². The first kappa shape index (κ1) is 24.1. The van der Waals surface area contributed by atoms with Crippen molar-refractivity contribution in [2.75, 3.05) is 0 Å². The molecule has 0 radical (unpaired) electrons. The van der Waals surface area contributed by atoms with Crippen molar-refractivity contribution in [3.63, 3.8) is 0 Å². The van der Waals surface area contributed by atoms with Crippen molar-refractivity contribution in [2.24, 2.45) is 11.7 Å². The van der Waals surface area contributed by atoms with Crippen LogP contribution in [0.1, 0.15) is 42.4 Å². The summed E-state index contributed by atoms with van der Waals surface area (Å²) in [6.07, 6.45) is 2.00. The molecule has 2 amide bonds. The van der Waals surface area contributed by atoms with Gasteiger partial charge in [-0.15, -0.1) is 0 Å². The van der Waals surface area contributed by atoms with Crippen LogP contribution in [-0.4, -0.2) is 58.0 Å². The molecule has 0 aromatic heterocycles. The number of hydrogen-bond donors (Lipinski definition) is 3. The first-order valence-corrected chi connectivity index (χ1v) is 13.0. The fourth-order valence-electron chi connectivity index (χ4n) is 5.88. The summed E-state index contributed by atoms with van der Waals surface area (Å²) in [4.78, 5) is 32.7. The zero-order valence-corrected chi connectivity index (χ0v) is 20.5. The van der Waals surface area contributed by atoms with Crippen LogP contribution in [0.5, 0.6) is 0 Å². The number of epoxide rings is 1. The number of aliphatic hydroxyl groups excluding tert-OH is 1. The number of aliphatic hydroxyl groups is 1. The quantitative estimate of drug-likeness (QED) is 0.407. The largest absolute Gasteiger partial charge is 0.390 e. The Kier molecular flexibility index (Phi) is 6.25. The number of nitrogens with one attached hydrogen (secondary N) is 1. The number of rotatable bonds is 6. The van der Waals surface area contributed by atoms with Crippen LogP contribution in [-0.2, 0) is 32.1 Å². The molecule has 6 atom stereocenters. The summed E-state index contributed by atoms with van der Waals surface area (Å²) in [5.74, 6) is 4.71. The molecule has 192 valence electrons. The van der Waals surface area contributed by atoms with Gasteiger partial charge in [-0.1, -0.05) is 60.4 Å². The van der Waals surface area contributed by atoms with Crippen LogP contribution in [0.15, 0.2) is 54.6 Å². The summed E-state index contributed by atoms with van der Waals surface area (Å²) in [7, 11) is 0. The van der Waals surface area contributed by atoms with E-state index in [4.69, 9.17) is 15.3 Å². The first-order chi connectivity index (χ1) is 18.0. The SMILES string of the molecule is NC(=O)[C@]12C[C@@H]3O[C@@H]3[C@@H](O)[C@H]1[C@@H](C(=O)NC1CCC1)N(Cc1ccccc1C#CCc1ccccc1)O2. The fourth-order valence-corrected chi connectivity index (χ4v) is 5.88. The van der Waals surface area contributed by atoms with Crippen molar-refractivity contribution in [1.82, 2.24) is 10.4 Å². The lowest BCUT2D eigenvalue weighted by Crippen LogP contribution is -2.61. The Morgan fingerprint density at radius 1 is 1.14 bits per heavy atom. The lowest BCUT2D eigenvalue weighted by Gasteiger charge is -2.36. The van der Waals surface area contributed by atoms with E-state index in [1.165, 1.54) is 5.06 Å². The van der Waals surface area contributed by atoms with Crippen LogP contribution in [0.3, 0.4) is 0 Å². The highest BCUT2D eigenvalue weighted by Gasteiger charge is 2.72. The van der Waals surface area contributed by atoms with Gasteiger partial charge in [-0.3, -0.25) is 14.4 Å². The number of carbonyl (C=O) groups excluding carboxylic acids is 2. The summed E-state index contributed by atoms with van der Waals surface area (Å²) in [5, 5.41) is 15.8. The van der Waals surface area contributed by atoms with Crippen molar-refractivity contribution < 1.29 is 24.3 Å². The number of hydroxylamine groups is 2. The molecule has 0 spiro atoms. The highest BCUT2D eigenvalue weighted by atomic mass is 16.7. The van der Waals surface area contributed by atoms with Gasteiger partial charge in [0.15, 0.2) is 5.60 Å². The number of hydrogen-bond acceptors (Lipinski definition) is 6. The summed E-state index contributed by atoms with van der Waals surface area (Å²) in [6, 6.07) is 16.9. The van der Waals surface area contributed by atoms with Crippen LogP contribution < -0.4 is 11.1 Å². The maximum Gasteiger partial charge on any atom is 0.252 e. The Bertz CT molecular complexity index is 1250. The minimum Gasteiger partial charge on any atom is -0.390 e. The number of nitrogens with zero attached hydrogens (tertiary/aromatic N) is 1. The molecule has 6 rings (SSSR count). The number of fused-ring (bicyclic) bond motifs is 2. The third-order valence-corrected chi connectivity index (χ3v) is 8.14. The Labute approximate surface area is 216 Å². The zero-order chi connectivity index (χ0) is 25.6. The van der Waals surface area contributed by atoms with Crippen LogP contribution in [0.25, 0.3) is 0 Å². The number of amides is 2. The average Bonchev–Trinajstić information content (AvgIpc) is 3.56. The van der Waals surface area contributed by atoms with Gasteiger partial charge in [-0.05, 0) is 36.5 Å². The molecule has 2 aromatic carbocycles. The molecule has 2 saturated carbocycles. The zero-order valence-electron chi connectivity index (χ0n) is 20.5. The van der Waals surface area contributed by atoms with E-state index in [0.717, 1.165) is 36.0 Å². The third-order valence-electron chi connectivity index (χ3n) is 8.14. The van der Waals surface area contributed by atoms with E-state index in [1.54, 1.807) is 0 Å². The topological polar surface area (TPSA) is 117 Å². The molecular formula is C29H31N3O5. The van der Waals surface area contributed by atoms with Gasteiger partial charge in [0.2, 0.25) is 5.91 Å². The predicted molar refractivity (Wildman–Crippen MR) is 134 cm³/mol. The molecule has 2 heterocycles. The molecule has 8 nitrogen and oxygen atoms in total. The van der Waals surface area contributed by atoms with Crippen molar-refractivity contribution in [2.45, 2.75) is 74.6 Å². The van der Waals surface area contributed by atoms with Gasteiger partial charge >= 0.3 is 0 Å². The van der Waals surface area contributed by atoms with Crippen LogP contribution in [0.4, 0.5) is 0 Å². The highest BCUT2D eigenvalue weighted by molar-refractivity contribution is 5.89. The van der Waals surface area contributed by atoms with Crippen molar-refractivity contribution in [3.05, 3.63) is 71.3 Å². The summed E-state index contributed by atoms with van der Waals surface area (Å²) in [5.41, 5.74) is 7.18. The number of carbonyl (C=O) groups is 2. The van der Waals surface area contributed by atoms with Gasteiger partial charge in [0.1, 0.15) is 12.1 Å². The van der Waals surface area contributed by atoms with E-state index in [-0.39, 0.29) is 31.0 Å². The molecular weight excluding hydrogens is 470 g/mol.